The van der Waals surface area contributed by atoms with E-state index in [4.69, 9.17) is 9.47 Å². The fourth-order valence-electron chi connectivity index (χ4n) is 2.79. The van der Waals surface area contributed by atoms with Crippen molar-refractivity contribution in [3.63, 3.8) is 0 Å². The van der Waals surface area contributed by atoms with Crippen molar-refractivity contribution in [1.82, 2.24) is 14.7 Å². The summed E-state index contributed by atoms with van der Waals surface area (Å²) in [5.74, 6) is 0.601. The van der Waals surface area contributed by atoms with Crippen LogP contribution in [0.1, 0.15) is 35.9 Å². The molecule has 1 saturated heterocycles. The van der Waals surface area contributed by atoms with Crippen molar-refractivity contribution in [1.29, 1.82) is 0 Å². The average molecular weight is 303 g/mol. The Balaban J connectivity index is 1.90. The number of rotatable bonds is 4. The van der Waals surface area contributed by atoms with Crippen LogP contribution in [0, 0.1) is 6.92 Å². The number of aryl methyl sites for hydroxylation is 1. The molecule has 1 amide bonds. The lowest BCUT2D eigenvalue weighted by Gasteiger charge is -2.23. The van der Waals surface area contributed by atoms with Crippen molar-refractivity contribution in [3.05, 3.63) is 29.7 Å². The summed E-state index contributed by atoms with van der Waals surface area (Å²) < 4.78 is 12.7. The molecule has 6 nitrogen and oxygen atoms in total. The van der Waals surface area contributed by atoms with Crippen molar-refractivity contribution in [2.75, 3.05) is 19.8 Å². The maximum Gasteiger partial charge on any atom is 0.270 e. The second-order valence-corrected chi connectivity index (χ2v) is 5.40. The lowest BCUT2D eigenvalue weighted by molar-refractivity contribution is 0.0693. The van der Waals surface area contributed by atoms with E-state index in [1.165, 1.54) is 0 Å². The molecular weight excluding hydrogens is 282 g/mol. The predicted molar refractivity (Wildman–Crippen MR) is 82.4 cm³/mol. The number of pyridine rings is 1. The van der Waals surface area contributed by atoms with E-state index < -0.39 is 0 Å². The Morgan fingerprint density at radius 3 is 3.00 bits per heavy atom. The molecule has 0 unspecified atom stereocenters. The van der Waals surface area contributed by atoms with E-state index in [2.05, 4.69) is 10.3 Å². The summed E-state index contributed by atoms with van der Waals surface area (Å²) in [7, 11) is 0. The molecule has 22 heavy (non-hydrogen) atoms. The first-order valence-electron chi connectivity index (χ1n) is 7.69. The van der Waals surface area contributed by atoms with Crippen LogP contribution in [0.3, 0.4) is 0 Å². The first-order valence-corrected chi connectivity index (χ1v) is 7.69. The molecule has 2 aromatic rings. The molecule has 118 valence electrons. The Morgan fingerprint density at radius 1 is 1.50 bits per heavy atom. The summed E-state index contributed by atoms with van der Waals surface area (Å²) in [6.45, 7) is 5.74. The largest absolute Gasteiger partial charge is 0.490 e. The van der Waals surface area contributed by atoms with Crippen molar-refractivity contribution >= 4 is 11.6 Å². The predicted octanol–water partition coefficient (Wildman–Crippen LogP) is 1.95. The average Bonchev–Trinajstić information content (AvgIpc) is 2.86. The van der Waals surface area contributed by atoms with Gasteiger partial charge in [0, 0.05) is 25.5 Å². The van der Waals surface area contributed by atoms with Gasteiger partial charge in [0.1, 0.15) is 5.69 Å². The highest BCUT2D eigenvalue weighted by Crippen LogP contribution is 2.22. The fourth-order valence-corrected chi connectivity index (χ4v) is 2.79. The van der Waals surface area contributed by atoms with Crippen LogP contribution in [0.15, 0.2) is 18.3 Å². The van der Waals surface area contributed by atoms with Crippen molar-refractivity contribution in [2.45, 2.75) is 32.7 Å². The molecule has 0 aromatic carbocycles. The number of nitrogens with one attached hydrogen (secondary N) is 1. The number of hydrogen-bond acceptors (Lipinski definition) is 4. The third-order valence-electron chi connectivity index (χ3n) is 3.86. The van der Waals surface area contributed by atoms with Crippen LogP contribution in [-0.2, 0) is 4.74 Å². The molecular formula is C16H21N3O3. The molecule has 0 radical (unpaired) electrons. The second-order valence-electron chi connectivity index (χ2n) is 5.40. The minimum atomic E-state index is -0.0921. The number of carbonyl (C=O) groups is 1. The number of hydrogen-bond donors (Lipinski definition) is 1. The van der Waals surface area contributed by atoms with Gasteiger partial charge in [0.2, 0.25) is 0 Å². The second kappa shape index (κ2) is 6.36. The summed E-state index contributed by atoms with van der Waals surface area (Å²) in [5.41, 5.74) is 1.96. The Hall–Kier alpha value is -2.08. The summed E-state index contributed by atoms with van der Waals surface area (Å²) in [5, 5.41) is 3.09. The maximum atomic E-state index is 12.6. The highest BCUT2D eigenvalue weighted by molar-refractivity contribution is 5.95. The molecule has 0 aliphatic carbocycles. The Kier molecular flexibility index (Phi) is 4.29. The van der Waals surface area contributed by atoms with Crippen molar-refractivity contribution < 1.29 is 14.3 Å². The topological polar surface area (TPSA) is 64.9 Å². The van der Waals surface area contributed by atoms with E-state index in [0.29, 0.717) is 42.6 Å². The van der Waals surface area contributed by atoms with Gasteiger partial charge in [0.25, 0.3) is 5.91 Å². The van der Waals surface area contributed by atoms with Crippen molar-refractivity contribution in [3.8, 4) is 5.75 Å². The SMILES string of the molecule is CCOc1cccn2c(C(=O)NC3CCOCC3)c(C)nc12. The van der Waals surface area contributed by atoms with E-state index in [-0.39, 0.29) is 11.9 Å². The molecule has 1 aliphatic rings. The molecule has 1 N–H and O–H groups in total. The zero-order valence-corrected chi connectivity index (χ0v) is 13.0. The number of amides is 1. The molecule has 0 spiro atoms. The number of nitrogens with zero attached hydrogens (tertiary/aromatic N) is 2. The molecule has 3 rings (SSSR count). The standard InChI is InChI=1S/C16H21N3O3/c1-3-22-13-5-4-8-19-14(11(2)17-15(13)19)16(20)18-12-6-9-21-10-7-12/h4-5,8,12H,3,6-7,9-10H2,1-2H3,(H,18,20). The summed E-state index contributed by atoms with van der Waals surface area (Å²) in [6, 6.07) is 3.90. The molecule has 2 aromatic heterocycles. The lowest BCUT2D eigenvalue weighted by Crippen LogP contribution is -2.39. The first kappa shape index (κ1) is 14.8. The Bertz CT molecular complexity index is 675. The van der Waals surface area contributed by atoms with Crippen LogP contribution in [0.25, 0.3) is 5.65 Å². The molecule has 6 heteroatoms. The molecule has 1 aliphatic heterocycles. The van der Waals surface area contributed by atoms with Gasteiger partial charge in [-0.25, -0.2) is 4.98 Å². The summed E-state index contributed by atoms with van der Waals surface area (Å²) in [6.07, 6.45) is 3.55. The van der Waals surface area contributed by atoms with Gasteiger partial charge < -0.3 is 14.8 Å². The van der Waals surface area contributed by atoms with E-state index in [1.54, 1.807) is 4.40 Å². The molecule has 3 heterocycles. The number of fused-ring (bicyclic) bond motifs is 1. The third kappa shape index (κ3) is 2.78. The fraction of sp³-hybridized carbons (Fsp3) is 0.500. The minimum Gasteiger partial charge on any atom is -0.490 e. The quantitative estimate of drug-likeness (QED) is 0.937. The maximum absolute atomic E-state index is 12.6. The molecule has 0 saturated carbocycles. The van der Waals surface area contributed by atoms with E-state index >= 15 is 0 Å². The molecule has 1 fully saturated rings. The van der Waals surface area contributed by atoms with Crippen LogP contribution < -0.4 is 10.1 Å². The zero-order valence-electron chi connectivity index (χ0n) is 13.0. The number of carbonyl (C=O) groups excluding carboxylic acids is 1. The van der Waals surface area contributed by atoms with Gasteiger partial charge in [-0.05, 0) is 38.8 Å². The lowest BCUT2D eigenvalue weighted by atomic mass is 10.1. The van der Waals surface area contributed by atoms with E-state index in [9.17, 15) is 4.79 Å². The Labute approximate surface area is 129 Å². The summed E-state index contributed by atoms with van der Waals surface area (Å²) in [4.78, 5) is 17.1. The highest BCUT2D eigenvalue weighted by atomic mass is 16.5. The first-order chi connectivity index (χ1) is 10.7. The van der Waals surface area contributed by atoms with Crippen LogP contribution in [0.5, 0.6) is 5.75 Å². The molecule has 0 atom stereocenters. The normalized spacial score (nSPS) is 15.9. The number of aromatic nitrogens is 2. The van der Waals surface area contributed by atoms with Crippen molar-refractivity contribution in [2.24, 2.45) is 0 Å². The van der Waals surface area contributed by atoms with E-state index in [1.807, 2.05) is 32.2 Å². The van der Waals surface area contributed by atoms with Crippen LogP contribution in [0.2, 0.25) is 0 Å². The number of ether oxygens (including phenoxy) is 2. The zero-order chi connectivity index (χ0) is 15.5. The van der Waals surface area contributed by atoms with Gasteiger partial charge in [0.15, 0.2) is 11.4 Å². The molecule has 0 bridgehead atoms. The Morgan fingerprint density at radius 2 is 2.27 bits per heavy atom. The smallest absolute Gasteiger partial charge is 0.270 e. The minimum absolute atomic E-state index is 0.0921. The monoisotopic (exact) mass is 303 g/mol. The van der Waals surface area contributed by atoms with Gasteiger partial charge in [-0.1, -0.05) is 0 Å². The van der Waals surface area contributed by atoms with E-state index in [0.717, 1.165) is 12.8 Å². The van der Waals surface area contributed by atoms with Gasteiger partial charge in [-0.3, -0.25) is 9.20 Å². The van der Waals surface area contributed by atoms with Crippen LogP contribution in [-0.4, -0.2) is 41.2 Å². The van der Waals surface area contributed by atoms with Crippen LogP contribution >= 0.6 is 0 Å². The van der Waals surface area contributed by atoms with Gasteiger partial charge in [0.05, 0.1) is 12.3 Å². The summed E-state index contributed by atoms with van der Waals surface area (Å²) >= 11 is 0. The van der Waals surface area contributed by atoms with Gasteiger partial charge in [-0.15, -0.1) is 0 Å². The van der Waals surface area contributed by atoms with Crippen LogP contribution in [0.4, 0.5) is 0 Å². The highest BCUT2D eigenvalue weighted by Gasteiger charge is 2.22. The third-order valence-corrected chi connectivity index (χ3v) is 3.86. The van der Waals surface area contributed by atoms with Gasteiger partial charge in [-0.2, -0.15) is 0 Å². The number of imidazole rings is 1. The van der Waals surface area contributed by atoms with Gasteiger partial charge >= 0.3 is 0 Å².